The quantitative estimate of drug-likeness (QED) is 0.261. The first kappa shape index (κ1) is 29.6. The SMILES string of the molecule is COc1ccc2nccc(NC(=O)C3CCCC(CNC(=O)OC(C)(C)C)C3)c2c1.Nc1ccc2ccccc2n1. The molecule has 2 unspecified atom stereocenters. The summed E-state index contributed by atoms with van der Waals surface area (Å²) in [7, 11) is 1.61. The lowest BCUT2D eigenvalue weighted by Gasteiger charge is -2.29. The molecule has 1 fully saturated rings. The van der Waals surface area contributed by atoms with Gasteiger partial charge in [-0.15, -0.1) is 0 Å². The van der Waals surface area contributed by atoms with Crippen molar-refractivity contribution in [2.45, 2.75) is 52.1 Å². The van der Waals surface area contributed by atoms with Gasteiger partial charge >= 0.3 is 6.09 Å². The average molecular weight is 558 g/mol. The zero-order valence-electron chi connectivity index (χ0n) is 24.1. The molecule has 0 saturated heterocycles. The number of carbonyl (C=O) groups is 2. The summed E-state index contributed by atoms with van der Waals surface area (Å²) in [5, 5.41) is 7.89. The number of nitrogen functional groups attached to an aromatic ring is 1. The van der Waals surface area contributed by atoms with Gasteiger partial charge in [-0.2, -0.15) is 0 Å². The number of hydrogen-bond acceptors (Lipinski definition) is 7. The van der Waals surface area contributed by atoms with Crippen molar-refractivity contribution in [3.8, 4) is 5.75 Å². The lowest BCUT2D eigenvalue weighted by Crippen LogP contribution is -2.37. The molecule has 0 radical (unpaired) electrons. The number of pyridine rings is 2. The molecule has 5 rings (SSSR count). The number of hydrogen-bond donors (Lipinski definition) is 3. The first-order valence-corrected chi connectivity index (χ1v) is 13.9. The molecule has 1 aliphatic rings. The topological polar surface area (TPSA) is 128 Å². The van der Waals surface area contributed by atoms with Gasteiger partial charge in [0.25, 0.3) is 0 Å². The number of anilines is 2. The number of amides is 2. The van der Waals surface area contributed by atoms with E-state index in [0.717, 1.165) is 58.9 Å². The van der Waals surface area contributed by atoms with E-state index in [9.17, 15) is 9.59 Å². The predicted molar refractivity (Wildman–Crippen MR) is 163 cm³/mol. The summed E-state index contributed by atoms with van der Waals surface area (Å²) in [5.41, 5.74) is 7.48. The molecule has 4 aromatic rings. The minimum absolute atomic E-state index is 0.00675. The molecule has 2 amide bonds. The van der Waals surface area contributed by atoms with Gasteiger partial charge < -0.3 is 25.8 Å². The first-order chi connectivity index (χ1) is 19.6. The number of nitrogens with zero attached hydrogens (tertiary/aromatic N) is 2. The molecule has 9 heteroatoms. The van der Waals surface area contributed by atoms with Crippen molar-refractivity contribution in [3.63, 3.8) is 0 Å². The van der Waals surface area contributed by atoms with Crippen LogP contribution in [-0.2, 0) is 9.53 Å². The first-order valence-electron chi connectivity index (χ1n) is 13.9. The van der Waals surface area contributed by atoms with E-state index in [1.54, 1.807) is 13.3 Å². The van der Waals surface area contributed by atoms with Gasteiger partial charge in [-0.1, -0.05) is 24.6 Å². The monoisotopic (exact) mass is 557 g/mol. The van der Waals surface area contributed by atoms with E-state index in [4.69, 9.17) is 15.2 Å². The number of ether oxygens (including phenoxy) is 2. The highest BCUT2D eigenvalue weighted by Crippen LogP contribution is 2.31. The predicted octanol–water partition coefficient (Wildman–Crippen LogP) is 6.33. The van der Waals surface area contributed by atoms with Crippen LogP contribution in [0.1, 0.15) is 46.5 Å². The zero-order chi connectivity index (χ0) is 29.4. The third kappa shape index (κ3) is 8.54. The number of fused-ring (bicyclic) bond motifs is 2. The smallest absolute Gasteiger partial charge is 0.407 e. The molecular formula is C32H39N5O4. The Hall–Kier alpha value is -4.40. The maximum absolute atomic E-state index is 13.0. The number of aromatic nitrogens is 2. The maximum atomic E-state index is 13.0. The Labute approximate surface area is 240 Å². The number of para-hydroxylation sites is 1. The Morgan fingerprint density at radius 1 is 1.02 bits per heavy atom. The number of nitrogens with two attached hydrogens (primary N) is 1. The van der Waals surface area contributed by atoms with E-state index < -0.39 is 11.7 Å². The van der Waals surface area contributed by atoms with Gasteiger partial charge in [-0.3, -0.25) is 9.78 Å². The summed E-state index contributed by atoms with van der Waals surface area (Å²) in [4.78, 5) is 33.4. The van der Waals surface area contributed by atoms with E-state index in [2.05, 4.69) is 20.6 Å². The van der Waals surface area contributed by atoms with Crippen LogP contribution in [0.5, 0.6) is 5.75 Å². The highest BCUT2D eigenvalue weighted by Gasteiger charge is 2.28. The van der Waals surface area contributed by atoms with Gasteiger partial charge in [0.15, 0.2) is 0 Å². The molecule has 41 heavy (non-hydrogen) atoms. The summed E-state index contributed by atoms with van der Waals surface area (Å²) in [6.07, 6.45) is 4.83. The molecular weight excluding hydrogens is 518 g/mol. The van der Waals surface area contributed by atoms with Crippen LogP contribution in [-0.4, -0.2) is 41.2 Å². The highest BCUT2D eigenvalue weighted by atomic mass is 16.6. The van der Waals surface area contributed by atoms with E-state index in [0.29, 0.717) is 12.4 Å². The van der Waals surface area contributed by atoms with Gasteiger partial charge in [0.05, 0.1) is 23.8 Å². The number of alkyl carbamates (subject to hydrolysis) is 1. The molecule has 2 aromatic carbocycles. The molecule has 1 saturated carbocycles. The second kappa shape index (κ2) is 13.3. The van der Waals surface area contributed by atoms with Gasteiger partial charge in [-0.05, 0) is 88.4 Å². The van der Waals surface area contributed by atoms with E-state index >= 15 is 0 Å². The lowest BCUT2D eigenvalue weighted by atomic mass is 9.81. The minimum atomic E-state index is -0.519. The number of rotatable bonds is 5. The van der Waals surface area contributed by atoms with Crippen LogP contribution in [0.4, 0.5) is 16.3 Å². The van der Waals surface area contributed by atoms with Gasteiger partial charge in [0.1, 0.15) is 17.2 Å². The van der Waals surface area contributed by atoms with Crippen molar-refractivity contribution >= 4 is 45.3 Å². The van der Waals surface area contributed by atoms with Gasteiger partial charge in [0, 0.05) is 29.4 Å². The summed E-state index contributed by atoms with van der Waals surface area (Å²) in [5.74, 6) is 1.47. The molecule has 0 bridgehead atoms. The van der Waals surface area contributed by atoms with Crippen LogP contribution < -0.4 is 21.1 Å². The normalized spacial score (nSPS) is 16.8. The third-order valence-electron chi connectivity index (χ3n) is 6.91. The summed E-state index contributed by atoms with van der Waals surface area (Å²) < 4.78 is 10.6. The Morgan fingerprint density at radius 3 is 2.61 bits per heavy atom. The van der Waals surface area contributed by atoms with Crippen molar-refractivity contribution in [2.75, 3.05) is 24.7 Å². The molecule has 1 aliphatic carbocycles. The van der Waals surface area contributed by atoms with E-state index in [1.807, 2.05) is 81.4 Å². The Bertz CT molecular complexity index is 1500. The molecule has 2 aromatic heterocycles. The van der Waals surface area contributed by atoms with Crippen LogP contribution >= 0.6 is 0 Å². The molecule has 2 heterocycles. The molecule has 2 atom stereocenters. The van der Waals surface area contributed by atoms with Gasteiger partial charge in [0.2, 0.25) is 5.91 Å². The molecule has 216 valence electrons. The maximum Gasteiger partial charge on any atom is 0.407 e. The summed E-state index contributed by atoms with van der Waals surface area (Å²) >= 11 is 0. The second-order valence-corrected chi connectivity index (χ2v) is 11.3. The largest absolute Gasteiger partial charge is 0.497 e. The average Bonchev–Trinajstić information content (AvgIpc) is 2.95. The summed E-state index contributed by atoms with van der Waals surface area (Å²) in [6.45, 7) is 6.04. The highest BCUT2D eigenvalue weighted by molar-refractivity contribution is 6.02. The molecule has 0 spiro atoms. The Kier molecular flexibility index (Phi) is 9.60. The van der Waals surface area contributed by atoms with Crippen LogP contribution in [0.3, 0.4) is 0 Å². The number of nitrogens with one attached hydrogen (secondary N) is 2. The van der Waals surface area contributed by atoms with Crippen molar-refractivity contribution in [3.05, 3.63) is 66.9 Å². The van der Waals surface area contributed by atoms with Crippen LogP contribution in [0.15, 0.2) is 66.9 Å². The molecule has 4 N–H and O–H groups in total. The second-order valence-electron chi connectivity index (χ2n) is 11.3. The molecule has 0 aliphatic heterocycles. The van der Waals surface area contributed by atoms with E-state index in [-0.39, 0.29) is 17.7 Å². The minimum Gasteiger partial charge on any atom is -0.497 e. The standard InChI is InChI=1S/C23H31N3O4.C9H8N2/c1-23(2,3)30-22(28)25-14-15-6-5-7-16(12-15)21(27)26-20-10-11-24-19-9-8-17(29-4)13-18(19)20;10-9-6-5-7-3-1-2-4-8(7)11-9/h8-11,13,15-16H,5-7,12,14H2,1-4H3,(H,25,28)(H,24,26,27);1-6H,(H2,10,11). The van der Waals surface area contributed by atoms with Crippen molar-refractivity contribution in [2.24, 2.45) is 11.8 Å². The number of benzene rings is 2. The summed E-state index contributed by atoms with van der Waals surface area (Å²) in [6, 6.07) is 19.1. The molecule has 9 nitrogen and oxygen atoms in total. The Morgan fingerprint density at radius 2 is 1.83 bits per heavy atom. The number of methoxy groups -OCH3 is 1. The van der Waals surface area contributed by atoms with Gasteiger partial charge in [-0.25, -0.2) is 9.78 Å². The van der Waals surface area contributed by atoms with Crippen molar-refractivity contribution < 1.29 is 19.1 Å². The van der Waals surface area contributed by atoms with Crippen molar-refractivity contribution in [1.82, 2.24) is 15.3 Å². The third-order valence-corrected chi connectivity index (χ3v) is 6.91. The number of carbonyl (C=O) groups excluding carboxylic acids is 2. The fourth-order valence-electron chi connectivity index (χ4n) is 4.93. The fourth-order valence-corrected chi connectivity index (χ4v) is 4.93. The van der Waals surface area contributed by atoms with E-state index in [1.165, 1.54) is 0 Å². The Balaban J connectivity index is 0.000000291. The van der Waals surface area contributed by atoms with Crippen LogP contribution in [0, 0.1) is 11.8 Å². The fraction of sp³-hybridized carbons (Fsp3) is 0.375. The zero-order valence-corrected chi connectivity index (χ0v) is 24.1. The van der Waals surface area contributed by atoms with Crippen molar-refractivity contribution in [1.29, 1.82) is 0 Å². The van der Waals surface area contributed by atoms with Crippen LogP contribution in [0.25, 0.3) is 21.8 Å². The lowest BCUT2D eigenvalue weighted by molar-refractivity contribution is -0.121. The van der Waals surface area contributed by atoms with Crippen LogP contribution in [0.2, 0.25) is 0 Å².